The molecule has 0 spiro atoms. The van der Waals surface area contributed by atoms with Crippen LogP contribution >= 0.6 is 0 Å². The minimum Gasteiger partial charge on any atom is -0.467 e. The fourth-order valence-electron chi connectivity index (χ4n) is 4.07. The summed E-state index contributed by atoms with van der Waals surface area (Å²) in [5.74, 6) is -1.30. The number of benzene rings is 2. The molecule has 11 nitrogen and oxygen atoms in total. The number of para-hydroxylation sites is 1. The van der Waals surface area contributed by atoms with Crippen LogP contribution in [0.15, 0.2) is 93.6 Å². The normalized spacial score (nSPS) is 15.2. The largest absolute Gasteiger partial charge is 0.467 e. The summed E-state index contributed by atoms with van der Waals surface area (Å²) in [4.78, 5) is 38.0. The number of hydrogen-bond donors (Lipinski definition) is 2. The summed E-state index contributed by atoms with van der Waals surface area (Å²) in [7, 11) is -3.98. The summed E-state index contributed by atoms with van der Waals surface area (Å²) in [5.41, 5.74) is 0.481. The number of carbonyl (C=O) groups excluding carboxylic acids is 3. The highest BCUT2D eigenvalue weighted by Crippen LogP contribution is 2.29. The van der Waals surface area contributed by atoms with Gasteiger partial charge in [-0.1, -0.05) is 24.3 Å². The highest BCUT2D eigenvalue weighted by Gasteiger charge is 2.36. The summed E-state index contributed by atoms with van der Waals surface area (Å²) >= 11 is 0. The van der Waals surface area contributed by atoms with Crippen molar-refractivity contribution < 1.29 is 36.7 Å². The molecule has 0 saturated heterocycles. The third-order valence-electron chi connectivity index (χ3n) is 5.81. The Balaban J connectivity index is 1.59. The molecule has 2 N–H and O–H groups in total. The predicted octanol–water partition coefficient (Wildman–Crippen LogP) is 3.52. The van der Waals surface area contributed by atoms with Crippen LogP contribution in [-0.2, 0) is 24.3 Å². The van der Waals surface area contributed by atoms with Crippen LogP contribution in [0.2, 0.25) is 0 Å². The Morgan fingerprint density at radius 1 is 0.974 bits per heavy atom. The van der Waals surface area contributed by atoms with E-state index in [-0.39, 0.29) is 40.6 Å². The minimum atomic E-state index is -3.98. The lowest BCUT2D eigenvalue weighted by Gasteiger charge is -2.27. The Morgan fingerprint density at radius 2 is 1.74 bits per heavy atom. The zero-order valence-corrected chi connectivity index (χ0v) is 22.1. The van der Waals surface area contributed by atoms with Crippen molar-refractivity contribution in [2.45, 2.75) is 24.8 Å². The Kier molecular flexibility index (Phi) is 8.35. The fourth-order valence-corrected chi connectivity index (χ4v) is 5.59. The smallest absolute Gasteiger partial charge is 0.338 e. The SMILES string of the molecule is CCOC(=O)C1=C(COC(=O)c2cccc(S(=O)(=O)N(CC)c3ccccc3)c2)NC(=O)NC1c1ccco1. The number of nitrogens with one attached hydrogen (secondary N) is 2. The van der Waals surface area contributed by atoms with Crippen molar-refractivity contribution in [1.29, 1.82) is 0 Å². The summed E-state index contributed by atoms with van der Waals surface area (Å²) < 4.78 is 43.9. The Morgan fingerprint density at radius 3 is 2.41 bits per heavy atom. The lowest BCUT2D eigenvalue weighted by molar-refractivity contribution is -0.139. The maximum atomic E-state index is 13.4. The van der Waals surface area contributed by atoms with Crippen molar-refractivity contribution in [2.75, 3.05) is 24.1 Å². The van der Waals surface area contributed by atoms with Gasteiger partial charge in [-0.05, 0) is 56.3 Å². The second kappa shape index (κ2) is 11.9. The number of amides is 2. The molecule has 1 aliphatic rings. The monoisotopic (exact) mass is 553 g/mol. The molecule has 4 rings (SSSR count). The number of urea groups is 1. The first kappa shape index (κ1) is 27.5. The van der Waals surface area contributed by atoms with Crippen LogP contribution in [0.25, 0.3) is 0 Å². The number of ether oxygens (including phenoxy) is 2. The Bertz CT molecular complexity index is 1480. The first-order valence-corrected chi connectivity index (χ1v) is 13.6. The van der Waals surface area contributed by atoms with Gasteiger partial charge in [-0.2, -0.15) is 0 Å². The number of carbonyl (C=O) groups is 3. The van der Waals surface area contributed by atoms with E-state index in [2.05, 4.69) is 10.6 Å². The molecule has 2 aromatic carbocycles. The van der Waals surface area contributed by atoms with Crippen LogP contribution in [0, 0.1) is 0 Å². The maximum absolute atomic E-state index is 13.4. The van der Waals surface area contributed by atoms with Gasteiger partial charge in [0.05, 0.1) is 40.3 Å². The lowest BCUT2D eigenvalue weighted by Crippen LogP contribution is -2.47. The predicted molar refractivity (Wildman–Crippen MR) is 140 cm³/mol. The molecule has 1 aliphatic heterocycles. The number of furan rings is 1. The second-order valence-electron chi connectivity index (χ2n) is 8.27. The Hall–Kier alpha value is -4.58. The molecule has 3 aromatic rings. The zero-order valence-electron chi connectivity index (χ0n) is 21.2. The highest BCUT2D eigenvalue weighted by molar-refractivity contribution is 7.92. The average molecular weight is 554 g/mol. The van der Waals surface area contributed by atoms with E-state index < -0.39 is 40.6 Å². The van der Waals surface area contributed by atoms with Gasteiger partial charge >= 0.3 is 18.0 Å². The van der Waals surface area contributed by atoms with E-state index >= 15 is 0 Å². The minimum absolute atomic E-state index is 0.0111. The van der Waals surface area contributed by atoms with Crippen molar-refractivity contribution in [1.82, 2.24) is 10.6 Å². The van der Waals surface area contributed by atoms with Crippen LogP contribution in [0.3, 0.4) is 0 Å². The van der Waals surface area contributed by atoms with Gasteiger partial charge in [0, 0.05) is 6.54 Å². The van der Waals surface area contributed by atoms with Gasteiger partial charge in [0.15, 0.2) is 0 Å². The van der Waals surface area contributed by atoms with Gasteiger partial charge in [0.25, 0.3) is 10.0 Å². The molecular formula is C27H27N3O8S. The van der Waals surface area contributed by atoms with E-state index in [0.717, 1.165) is 0 Å². The molecule has 0 radical (unpaired) electrons. The fraction of sp³-hybridized carbons (Fsp3) is 0.222. The van der Waals surface area contributed by atoms with Crippen LogP contribution in [0.5, 0.6) is 0 Å². The van der Waals surface area contributed by atoms with E-state index in [4.69, 9.17) is 13.9 Å². The quantitative estimate of drug-likeness (QED) is 0.363. The number of nitrogens with zero attached hydrogens (tertiary/aromatic N) is 1. The number of hydrogen-bond acceptors (Lipinski definition) is 8. The summed E-state index contributed by atoms with van der Waals surface area (Å²) in [5, 5.41) is 5.08. The Labute approximate surface area is 225 Å². The van der Waals surface area contributed by atoms with Gasteiger partial charge in [-0.25, -0.2) is 22.8 Å². The molecule has 204 valence electrons. The van der Waals surface area contributed by atoms with Crippen LogP contribution < -0.4 is 14.9 Å². The van der Waals surface area contributed by atoms with Gasteiger partial charge in [-0.3, -0.25) is 4.31 Å². The molecule has 2 amide bonds. The third kappa shape index (κ3) is 5.96. The van der Waals surface area contributed by atoms with E-state index in [1.165, 1.54) is 34.8 Å². The van der Waals surface area contributed by atoms with E-state index in [1.807, 2.05) is 0 Å². The molecule has 0 bridgehead atoms. The van der Waals surface area contributed by atoms with Crippen molar-refractivity contribution in [2.24, 2.45) is 0 Å². The molecule has 39 heavy (non-hydrogen) atoms. The van der Waals surface area contributed by atoms with Gasteiger partial charge in [0.1, 0.15) is 18.4 Å². The van der Waals surface area contributed by atoms with Gasteiger partial charge < -0.3 is 24.5 Å². The zero-order chi connectivity index (χ0) is 28.0. The third-order valence-corrected chi connectivity index (χ3v) is 7.71. The second-order valence-corrected chi connectivity index (χ2v) is 10.1. The average Bonchev–Trinajstić information content (AvgIpc) is 3.47. The van der Waals surface area contributed by atoms with Crippen molar-refractivity contribution in [3.63, 3.8) is 0 Å². The molecule has 1 aromatic heterocycles. The molecule has 0 saturated carbocycles. The maximum Gasteiger partial charge on any atom is 0.338 e. The topological polar surface area (TPSA) is 144 Å². The molecule has 12 heteroatoms. The number of sulfonamides is 1. The first-order valence-electron chi connectivity index (χ1n) is 12.1. The van der Waals surface area contributed by atoms with Crippen molar-refractivity contribution >= 4 is 33.7 Å². The van der Waals surface area contributed by atoms with E-state index in [0.29, 0.717) is 5.69 Å². The van der Waals surface area contributed by atoms with Crippen LogP contribution in [0.4, 0.5) is 10.5 Å². The first-order chi connectivity index (χ1) is 18.8. The molecule has 1 unspecified atom stereocenters. The van der Waals surface area contributed by atoms with Crippen molar-refractivity contribution in [3.05, 3.63) is 95.6 Å². The molecule has 0 aliphatic carbocycles. The van der Waals surface area contributed by atoms with Crippen LogP contribution in [0.1, 0.15) is 36.0 Å². The molecule has 0 fully saturated rings. The number of rotatable bonds is 10. The lowest BCUT2D eigenvalue weighted by atomic mass is 10.0. The molecule has 1 atom stereocenters. The van der Waals surface area contributed by atoms with Gasteiger partial charge in [-0.15, -0.1) is 0 Å². The molecule has 2 heterocycles. The standard InChI is InChI=1S/C27H27N3O8S/c1-3-30(19-11-6-5-7-12-19)39(34,35)20-13-8-10-18(16-20)25(31)38-17-21-23(26(32)36-4-2)24(29-27(33)28-21)22-14-9-15-37-22/h5-16,24H,3-4,17H2,1-2H3,(H2,28,29,33). The van der Waals surface area contributed by atoms with E-state index in [1.54, 1.807) is 56.3 Å². The number of esters is 2. The highest BCUT2D eigenvalue weighted by atomic mass is 32.2. The molecular weight excluding hydrogens is 526 g/mol. The van der Waals surface area contributed by atoms with Crippen LogP contribution in [-0.4, -0.2) is 46.1 Å². The summed E-state index contributed by atoms with van der Waals surface area (Å²) in [6.07, 6.45) is 1.39. The van der Waals surface area contributed by atoms with Gasteiger partial charge in [0.2, 0.25) is 0 Å². The number of anilines is 1. The summed E-state index contributed by atoms with van der Waals surface area (Å²) in [6.45, 7) is 3.11. The van der Waals surface area contributed by atoms with Crippen molar-refractivity contribution in [3.8, 4) is 0 Å². The summed E-state index contributed by atoms with van der Waals surface area (Å²) in [6, 6.07) is 15.6. The van der Waals surface area contributed by atoms with E-state index in [9.17, 15) is 22.8 Å².